The van der Waals surface area contributed by atoms with Crippen molar-refractivity contribution >= 4 is 23.7 Å². The summed E-state index contributed by atoms with van der Waals surface area (Å²) in [4.78, 5) is 49.6. The molecule has 10 nitrogen and oxygen atoms in total. The lowest BCUT2D eigenvalue weighted by atomic mass is 10.0. The third-order valence-electron chi connectivity index (χ3n) is 5.54. The summed E-state index contributed by atoms with van der Waals surface area (Å²) in [5.41, 5.74) is 13.4. The number of hydrogen-bond donors (Lipinski definition) is 6. The van der Waals surface area contributed by atoms with Gasteiger partial charge in [0, 0.05) is 6.42 Å². The van der Waals surface area contributed by atoms with Gasteiger partial charge >= 0.3 is 5.97 Å². The lowest BCUT2D eigenvalue weighted by Gasteiger charge is -2.24. The number of aliphatic carboxylic acids is 1. The molecule has 0 fully saturated rings. The number of carbonyl (C=O) groups is 4. The predicted octanol–water partition coefficient (Wildman–Crippen LogP) is 0.0985. The number of carboxylic acid groups (broad SMARTS) is 1. The Morgan fingerprint density at radius 1 is 0.750 bits per heavy atom. The summed E-state index contributed by atoms with van der Waals surface area (Å²) in [6.07, 6.45) is 1.94. The molecule has 8 N–H and O–H groups in total. The number of amides is 3. The summed E-state index contributed by atoms with van der Waals surface area (Å²) in [6, 6.07) is 15.6. The van der Waals surface area contributed by atoms with Crippen LogP contribution in [0.1, 0.15) is 30.4 Å². The highest BCUT2D eigenvalue weighted by molar-refractivity contribution is 5.93. The van der Waals surface area contributed by atoms with Gasteiger partial charge in [-0.15, -0.1) is 0 Å². The van der Waals surface area contributed by atoms with Crippen molar-refractivity contribution in [2.75, 3.05) is 13.1 Å². The van der Waals surface area contributed by atoms with E-state index in [0.29, 0.717) is 25.8 Å². The maximum Gasteiger partial charge on any atom is 0.322 e. The van der Waals surface area contributed by atoms with E-state index in [9.17, 15) is 19.2 Å². The lowest BCUT2D eigenvalue weighted by Crippen LogP contribution is -2.56. The van der Waals surface area contributed by atoms with Crippen molar-refractivity contribution in [2.45, 2.75) is 50.2 Å². The third kappa shape index (κ3) is 10.2. The monoisotopic (exact) mass is 497 g/mol. The van der Waals surface area contributed by atoms with Crippen LogP contribution in [0.3, 0.4) is 0 Å². The molecular formula is C26H35N5O5. The Kier molecular flexibility index (Phi) is 12.1. The maximum absolute atomic E-state index is 13.3. The average molecular weight is 498 g/mol. The molecule has 3 atom stereocenters. The maximum atomic E-state index is 13.3. The zero-order valence-corrected chi connectivity index (χ0v) is 20.2. The van der Waals surface area contributed by atoms with Gasteiger partial charge in [0.1, 0.15) is 18.6 Å². The molecular weight excluding hydrogens is 462 g/mol. The van der Waals surface area contributed by atoms with Crippen LogP contribution in [0.15, 0.2) is 60.7 Å². The van der Waals surface area contributed by atoms with E-state index in [1.807, 2.05) is 60.7 Å². The number of hydrogen-bond acceptors (Lipinski definition) is 6. The van der Waals surface area contributed by atoms with E-state index in [2.05, 4.69) is 16.0 Å². The van der Waals surface area contributed by atoms with E-state index < -0.39 is 48.4 Å². The van der Waals surface area contributed by atoms with Crippen LogP contribution >= 0.6 is 0 Å². The molecule has 3 unspecified atom stereocenters. The normalized spacial score (nSPS) is 13.2. The van der Waals surface area contributed by atoms with Crippen LogP contribution in [0, 0.1) is 0 Å². The molecule has 0 aliphatic rings. The van der Waals surface area contributed by atoms with Crippen LogP contribution in [-0.4, -0.2) is 60.0 Å². The van der Waals surface area contributed by atoms with Crippen molar-refractivity contribution < 1.29 is 24.3 Å². The largest absolute Gasteiger partial charge is 0.480 e. The SMILES string of the molecule is NCCCCC(NC(=O)C(Cc1ccccc1)NC(=O)C(N)Cc1ccccc1)C(=O)NCC(=O)O. The fourth-order valence-corrected chi connectivity index (χ4v) is 3.62. The molecule has 36 heavy (non-hydrogen) atoms. The zero-order chi connectivity index (χ0) is 26.3. The molecule has 2 rings (SSSR count). The highest BCUT2D eigenvalue weighted by Crippen LogP contribution is 2.08. The number of nitrogens with one attached hydrogen (secondary N) is 3. The molecule has 0 spiro atoms. The van der Waals surface area contributed by atoms with Crippen LogP contribution in [0.4, 0.5) is 0 Å². The highest BCUT2D eigenvalue weighted by atomic mass is 16.4. The predicted molar refractivity (Wildman–Crippen MR) is 136 cm³/mol. The van der Waals surface area contributed by atoms with Gasteiger partial charge in [-0.1, -0.05) is 60.7 Å². The topological polar surface area (TPSA) is 177 Å². The number of rotatable bonds is 15. The minimum atomic E-state index is -1.20. The first-order valence-corrected chi connectivity index (χ1v) is 11.9. The van der Waals surface area contributed by atoms with Crippen molar-refractivity contribution in [3.8, 4) is 0 Å². The van der Waals surface area contributed by atoms with Gasteiger partial charge in [0.05, 0.1) is 6.04 Å². The van der Waals surface area contributed by atoms with Gasteiger partial charge in [-0.3, -0.25) is 19.2 Å². The van der Waals surface area contributed by atoms with E-state index in [1.165, 1.54) is 0 Å². The zero-order valence-electron chi connectivity index (χ0n) is 20.2. The molecule has 0 saturated heterocycles. The minimum absolute atomic E-state index is 0.183. The molecule has 0 aliphatic carbocycles. The molecule has 194 valence electrons. The van der Waals surface area contributed by atoms with Gasteiger partial charge < -0.3 is 32.5 Å². The molecule has 2 aromatic carbocycles. The Labute approximate surface area is 210 Å². The molecule has 10 heteroatoms. The number of carboxylic acids is 1. The average Bonchev–Trinajstić information content (AvgIpc) is 2.87. The van der Waals surface area contributed by atoms with Crippen LogP contribution in [0.2, 0.25) is 0 Å². The smallest absolute Gasteiger partial charge is 0.322 e. The van der Waals surface area contributed by atoms with Gasteiger partial charge in [-0.05, 0) is 43.4 Å². The van der Waals surface area contributed by atoms with Crippen molar-refractivity contribution in [3.63, 3.8) is 0 Å². The Hall–Kier alpha value is -3.76. The second kappa shape index (κ2) is 15.3. The summed E-state index contributed by atoms with van der Waals surface area (Å²) in [5, 5.41) is 16.6. The summed E-state index contributed by atoms with van der Waals surface area (Å²) in [5.74, 6) is -2.88. The molecule has 0 aromatic heterocycles. The van der Waals surface area contributed by atoms with Crippen LogP contribution < -0.4 is 27.4 Å². The first kappa shape index (κ1) is 28.5. The van der Waals surface area contributed by atoms with Crippen LogP contribution in [0.25, 0.3) is 0 Å². The first-order chi connectivity index (χ1) is 17.3. The van der Waals surface area contributed by atoms with E-state index in [0.717, 1.165) is 11.1 Å². The quantitative estimate of drug-likeness (QED) is 0.189. The Morgan fingerprint density at radius 3 is 1.86 bits per heavy atom. The number of nitrogens with two attached hydrogens (primary N) is 2. The second-order valence-corrected chi connectivity index (χ2v) is 8.50. The summed E-state index contributed by atoms with van der Waals surface area (Å²) >= 11 is 0. The summed E-state index contributed by atoms with van der Waals surface area (Å²) in [6.45, 7) is -0.149. The van der Waals surface area contributed by atoms with E-state index in [1.54, 1.807) is 0 Å². The Bertz CT molecular complexity index is 987. The Balaban J connectivity index is 2.14. The molecule has 0 aliphatic heterocycles. The van der Waals surface area contributed by atoms with E-state index in [4.69, 9.17) is 16.6 Å². The third-order valence-corrected chi connectivity index (χ3v) is 5.54. The van der Waals surface area contributed by atoms with Gasteiger partial charge in [-0.2, -0.15) is 0 Å². The number of unbranched alkanes of at least 4 members (excludes halogenated alkanes) is 1. The molecule has 2 aromatic rings. The van der Waals surface area contributed by atoms with Gasteiger partial charge in [0.15, 0.2) is 0 Å². The van der Waals surface area contributed by atoms with Crippen molar-refractivity contribution in [1.29, 1.82) is 0 Å². The van der Waals surface area contributed by atoms with E-state index >= 15 is 0 Å². The van der Waals surface area contributed by atoms with Crippen molar-refractivity contribution in [3.05, 3.63) is 71.8 Å². The molecule has 0 bridgehead atoms. The van der Waals surface area contributed by atoms with E-state index in [-0.39, 0.29) is 12.8 Å². The second-order valence-electron chi connectivity index (χ2n) is 8.50. The van der Waals surface area contributed by atoms with Gasteiger partial charge in [-0.25, -0.2) is 0 Å². The van der Waals surface area contributed by atoms with Crippen LogP contribution in [0.5, 0.6) is 0 Å². The van der Waals surface area contributed by atoms with Gasteiger partial charge in [0.25, 0.3) is 0 Å². The summed E-state index contributed by atoms with van der Waals surface area (Å²) in [7, 11) is 0. The van der Waals surface area contributed by atoms with Crippen molar-refractivity contribution in [1.82, 2.24) is 16.0 Å². The first-order valence-electron chi connectivity index (χ1n) is 11.9. The molecule has 0 saturated carbocycles. The lowest BCUT2D eigenvalue weighted by molar-refractivity contribution is -0.138. The minimum Gasteiger partial charge on any atom is -0.480 e. The molecule has 3 amide bonds. The number of benzene rings is 2. The number of carbonyl (C=O) groups excluding carboxylic acids is 3. The highest BCUT2D eigenvalue weighted by Gasteiger charge is 2.28. The Morgan fingerprint density at radius 2 is 1.31 bits per heavy atom. The fourth-order valence-electron chi connectivity index (χ4n) is 3.62. The molecule has 0 radical (unpaired) electrons. The standard InChI is InChI=1S/C26H35N5O5/c27-14-8-7-13-21(25(35)29-17-23(32)33)30-26(36)22(16-19-11-5-2-6-12-19)31-24(34)20(28)15-18-9-3-1-4-10-18/h1-6,9-12,20-22H,7-8,13-17,27-28H2,(H,29,35)(H,30,36)(H,31,34)(H,32,33). The summed E-state index contributed by atoms with van der Waals surface area (Å²) < 4.78 is 0. The van der Waals surface area contributed by atoms with Crippen LogP contribution in [-0.2, 0) is 32.0 Å². The fraction of sp³-hybridized carbons (Fsp3) is 0.385. The van der Waals surface area contributed by atoms with Crippen molar-refractivity contribution in [2.24, 2.45) is 11.5 Å². The molecule has 0 heterocycles. The van der Waals surface area contributed by atoms with Gasteiger partial charge in [0.2, 0.25) is 17.7 Å².